The Balaban J connectivity index is 1.89. The van der Waals surface area contributed by atoms with E-state index < -0.39 is 0 Å². The third-order valence-electron chi connectivity index (χ3n) is 3.94. The number of hydrogen-bond donors (Lipinski definition) is 1. The van der Waals surface area contributed by atoms with E-state index in [2.05, 4.69) is 29.0 Å². The standard InChI is InChI=1S/C14H25N3OS/c1-11-5-4-7-17(12(11)2)14-16-10-13(19-14)9-15-6-8-18-3/h10-12,15H,4-9H2,1-3H3. The van der Waals surface area contributed by atoms with E-state index in [-0.39, 0.29) is 0 Å². The molecule has 0 bridgehead atoms. The minimum atomic E-state index is 0.606. The molecule has 1 aromatic rings. The number of hydrogen-bond acceptors (Lipinski definition) is 5. The fraction of sp³-hybridized carbons (Fsp3) is 0.786. The molecule has 0 saturated carbocycles. The predicted octanol–water partition coefficient (Wildman–Crippen LogP) is 2.50. The van der Waals surface area contributed by atoms with Crippen molar-refractivity contribution in [1.29, 1.82) is 0 Å². The normalized spacial score (nSPS) is 23.8. The number of piperidine rings is 1. The van der Waals surface area contributed by atoms with Gasteiger partial charge < -0.3 is 15.0 Å². The van der Waals surface area contributed by atoms with Crippen molar-refractivity contribution in [2.75, 3.05) is 31.7 Å². The molecule has 19 heavy (non-hydrogen) atoms. The third kappa shape index (κ3) is 3.91. The first-order valence-electron chi connectivity index (χ1n) is 7.13. The average molecular weight is 283 g/mol. The number of ether oxygens (including phenoxy) is 1. The van der Waals surface area contributed by atoms with Crippen LogP contribution in [0.1, 0.15) is 31.6 Å². The van der Waals surface area contributed by atoms with Crippen LogP contribution in [0.15, 0.2) is 6.20 Å². The monoisotopic (exact) mass is 283 g/mol. The Bertz CT molecular complexity index is 383. The minimum Gasteiger partial charge on any atom is -0.383 e. The van der Waals surface area contributed by atoms with Gasteiger partial charge >= 0.3 is 0 Å². The molecule has 2 atom stereocenters. The molecule has 2 unspecified atom stereocenters. The smallest absolute Gasteiger partial charge is 0.185 e. The molecular weight excluding hydrogens is 258 g/mol. The van der Waals surface area contributed by atoms with Crippen LogP contribution in [-0.4, -0.2) is 37.8 Å². The van der Waals surface area contributed by atoms with E-state index in [0.717, 1.165) is 32.2 Å². The summed E-state index contributed by atoms with van der Waals surface area (Å²) in [6.07, 6.45) is 4.63. The van der Waals surface area contributed by atoms with E-state index in [1.165, 1.54) is 22.9 Å². The zero-order chi connectivity index (χ0) is 13.7. The summed E-state index contributed by atoms with van der Waals surface area (Å²) >= 11 is 1.81. The molecule has 108 valence electrons. The molecule has 1 aliphatic heterocycles. The average Bonchev–Trinajstić information content (AvgIpc) is 2.87. The van der Waals surface area contributed by atoms with Crippen molar-refractivity contribution in [3.63, 3.8) is 0 Å². The Morgan fingerprint density at radius 2 is 2.37 bits per heavy atom. The highest BCUT2D eigenvalue weighted by atomic mass is 32.1. The summed E-state index contributed by atoms with van der Waals surface area (Å²) in [5, 5.41) is 4.55. The number of nitrogens with zero attached hydrogens (tertiary/aromatic N) is 2. The van der Waals surface area contributed by atoms with Gasteiger partial charge in [0.25, 0.3) is 0 Å². The predicted molar refractivity (Wildman–Crippen MR) is 80.9 cm³/mol. The van der Waals surface area contributed by atoms with Crippen molar-refractivity contribution >= 4 is 16.5 Å². The molecule has 0 spiro atoms. The molecule has 1 N–H and O–H groups in total. The lowest BCUT2D eigenvalue weighted by Gasteiger charge is -2.37. The molecule has 1 saturated heterocycles. The maximum atomic E-state index is 5.02. The first kappa shape index (κ1) is 14.8. The Kier molecular flexibility index (Phi) is 5.60. The molecule has 1 aliphatic rings. The highest BCUT2D eigenvalue weighted by molar-refractivity contribution is 7.15. The summed E-state index contributed by atoms with van der Waals surface area (Å²) < 4.78 is 5.02. The van der Waals surface area contributed by atoms with Crippen LogP contribution in [0.3, 0.4) is 0 Å². The van der Waals surface area contributed by atoms with Crippen molar-refractivity contribution in [2.24, 2.45) is 5.92 Å². The van der Waals surface area contributed by atoms with E-state index in [0.29, 0.717) is 6.04 Å². The van der Waals surface area contributed by atoms with Gasteiger partial charge in [-0.05, 0) is 25.7 Å². The lowest BCUT2D eigenvalue weighted by molar-refractivity contribution is 0.199. The van der Waals surface area contributed by atoms with E-state index in [4.69, 9.17) is 4.74 Å². The first-order valence-corrected chi connectivity index (χ1v) is 7.95. The van der Waals surface area contributed by atoms with Crippen LogP contribution >= 0.6 is 11.3 Å². The van der Waals surface area contributed by atoms with E-state index >= 15 is 0 Å². The van der Waals surface area contributed by atoms with Gasteiger partial charge in [0.2, 0.25) is 0 Å². The van der Waals surface area contributed by atoms with Crippen LogP contribution in [0.4, 0.5) is 5.13 Å². The number of nitrogens with one attached hydrogen (secondary N) is 1. The number of aromatic nitrogens is 1. The number of thiazole rings is 1. The maximum absolute atomic E-state index is 5.02. The Labute approximate surface area is 120 Å². The van der Waals surface area contributed by atoms with Gasteiger partial charge in [0, 0.05) is 43.9 Å². The molecule has 1 aromatic heterocycles. The Morgan fingerprint density at radius 1 is 1.53 bits per heavy atom. The van der Waals surface area contributed by atoms with Crippen LogP contribution in [0.2, 0.25) is 0 Å². The molecule has 5 heteroatoms. The minimum absolute atomic E-state index is 0.606. The van der Waals surface area contributed by atoms with Gasteiger partial charge in [-0.1, -0.05) is 6.92 Å². The van der Waals surface area contributed by atoms with E-state index in [9.17, 15) is 0 Å². The molecule has 1 fully saturated rings. The van der Waals surface area contributed by atoms with Crippen LogP contribution in [0, 0.1) is 5.92 Å². The second-order valence-electron chi connectivity index (χ2n) is 5.33. The van der Waals surface area contributed by atoms with Crippen molar-refractivity contribution < 1.29 is 4.74 Å². The highest BCUT2D eigenvalue weighted by Gasteiger charge is 2.26. The van der Waals surface area contributed by atoms with Gasteiger partial charge in [-0.3, -0.25) is 0 Å². The zero-order valence-electron chi connectivity index (χ0n) is 12.2. The van der Waals surface area contributed by atoms with E-state index in [1.54, 1.807) is 7.11 Å². The van der Waals surface area contributed by atoms with Crippen LogP contribution in [-0.2, 0) is 11.3 Å². The highest BCUT2D eigenvalue weighted by Crippen LogP contribution is 2.31. The molecule has 0 radical (unpaired) electrons. The number of methoxy groups -OCH3 is 1. The van der Waals surface area contributed by atoms with Gasteiger partial charge in [-0.25, -0.2) is 4.98 Å². The van der Waals surface area contributed by atoms with Gasteiger partial charge in [-0.2, -0.15) is 0 Å². The number of anilines is 1. The quantitative estimate of drug-likeness (QED) is 0.814. The van der Waals surface area contributed by atoms with Gasteiger partial charge in [0.15, 0.2) is 5.13 Å². The van der Waals surface area contributed by atoms with E-state index in [1.807, 2.05) is 17.5 Å². The van der Waals surface area contributed by atoms with Gasteiger partial charge in [0.1, 0.15) is 0 Å². The van der Waals surface area contributed by atoms with Crippen molar-refractivity contribution in [3.8, 4) is 0 Å². The number of rotatable bonds is 6. The molecule has 2 heterocycles. The largest absolute Gasteiger partial charge is 0.383 e. The Hall–Kier alpha value is -0.650. The van der Waals surface area contributed by atoms with Crippen LogP contribution < -0.4 is 10.2 Å². The lowest BCUT2D eigenvalue weighted by Crippen LogP contribution is -2.42. The van der Waals surface area contributed by atoms with Crippen LogP contribution in [0.5, 0.6) is 0 Å². The summed E-state index contributed by atoms with van der Waals surface area (Å²) in [4.78, 5) is 8.37. The maximum Gasteiger partial charge on any atom is 0.185 e. The summed E-state index contributed by atoms with van der Waals surface area (Å²) in [5.74, 6) is 0.765. The molecule has 0 aliphatic carbocycles. The molecule has 4 nitrogen and oxygen atoms in total. The second kappa shape index (κ2) is 7.22. The van der Waals surface area contributed by atoms with Crippen molar-refractivity contribution in [2.45, 2.75) is 39.3 Å². The fourth-order valence-electron chi connectivity index (χ4n) is 2.50. The second-order valence-corrected chi connectivity index (χ2v) is 6.43. The van der Waals surface area contributed by atoms with Crippen molar-refractivity contribution in [1.82, 2.24) is 10.3 Å². The SMILES string of the molecule is COCCNCc1cnc(N2CCCC(C)C2C)s1. The molecular formula is C14H25N3OS. The zero-order valence-corrected chi connectivity index (χ0v) is 13.0. The lowest BCUT2D eigenvalue weighted by atomic mass is 9.93. The van der Waals surface area contributed by atoms with Crippen LogP contribution in [0.25, 0.3) is 0 Å². The third-order valence-corrected chi connectivity index (χ3v) is 4.98. The summed E-state index contributed by atoms with van der Waals surface area (Å²) in [7, 11) is 1.73. The van der Waals surface area contributed by atoms with Crippen molar-refractivity contribution in [3.05, 3.63) is 11.1 Å². The Morgan fingerprint density at radius 3 is 3.16 bits per heavy atom. The van der Waals surface area contributed by atoms with Gasteiger partial charge in [-0.15, -0.1) is 11.3 Å². The topological polar surface area (TPSA) is 37.4 Å². The fourth-order valence-corrected chi connectivity index (χ4v) is 3.50. The first-order chi connectivity index (χ1) is 9.22. The summed E-state index contributed by atoms with van der Waals surface area (Å²) in [6, 6.07) is 0.606. The summed E-state index contributed by atoms with van der Waals surface area (Å²) in [6.45, 7) is 8.35. The summed E-state index contributed by atoms with van der Waals surface area (Å²) in [5.41, 5.74) is 0. The molecule has 0 aromatic carbocycles. The van der Waals surface area contributed by atoms with Gasteiger partial charge in [0.05, 0.1) is 6.61 Å². The molecule has 0 amide bonds. The molecule has 2 rings (SSSR count).